The van der Waals surface area contributed by atoms with Crippen molar-refractivity contribution in [1.82, 2.24) is 0 Å². The summed E-state index contributed by atoms with van der Waals surface area (Å²) in [5, 5.41) is 44.4. The largest absolute Gasteiger partial charge is 0.665 e. The molecule has 0 saturated carbocycles. The Bertz CT molecular complexity index is 488. The van der Waals surface area contributed by atoms with Gasteiger partial charge in [0.05, 0.1) is 14.4 Å². The van der Waals surface area contributed by atoms with Crippen LogP contribution in [0.15, 0.2) is 12.0 Å². The van der Waals surface area contributed by atoms with E-state index in [9.17, 15) is 96.6 Å². The van der Waals surface area contributed by atoms with Crippen LogP contribution in [0.1, 0.15) is 16.7 Å². The van der Waals surface area contributed by atoms with Gasteiger partial charge in [-0.15, -0.1) is 0 Å². The highest BCUT2D eigenvalue weighted by atomic mass is 19.3. The van der Waals surface area contributed by atoms with E-state index in [0.717, 1.165) is 7.11 Å². The summed E-state index contributed by atoms with van der Waals surface area (Å²) in [5.74, 6) is -8.41. The highest BCUT2D eigenvalue weighted by Gasteiger charge is 2.19. The van der Waals surface area contributed by atoms with E-state index in [1.54, 1.807) is 14.4 Å². The first kappa shape index (κ1) is 110. The standard InChI is InChI=1S/C3H2F4O.2C3H5F3.C2H2F2O2.3CHF2.2CH3F.2CH2F.CH2O2.CHO2.CH4O.CHO.2FH.2H2/c4-2(5)1(8)3(6)7;2*1-3(5,6)2-4;3-1(4)2(5)6;3*2-1-3;4*1-2;2*2-1-3;2*1-2;;;;/h1,8H;2*2H2,1H3;5-6H;3*1H;2*1H3;2*1H2;1H,(H,2,3);(H,2,3);2H,1H3;1H;4*1H/q-2;;;;3*-1;;;2*-1;;-1;;-1;;;;/p-1/i;;;;;;;;;;;;;;;;;2*1+1. The van der Waals surface area contributed by atoms with E-state index < -0.39 is 77.0 Å². The molecular weight excluding hydrogens is 864 g/mol. The molecule has 0 bridgehead atoms. The highest BCUT2D eigenvalue weighted by Crippen LogP contribution is 2.21. The molecule has 0 atom stereocenters. The Morgan fingerprint density at radius 2 is 0.855 bits per heavy atom. The molecule has 0 aromatic heterocycles. The topological polar surface area (TPSA) is 175 Å². The van der Waals surface area contributed by atoms with Gasteiger partial charge in [-0.1, -0.05) is 12.6 Å². The summed E-state index contributed by atoms with van der Waals surface area (Å²) in [6.45, 7) is -1.56. The lowest BCUT2D eigenvalue weighted by atomic mass is 10.4. The van der Waals surface area contributed by atoms with Gasteiger partial charge in [-0.25, -0.2) is 26.3 Å². The second-order valence-corrected chi connectivity index (χ2v) is 4.40. The third-order valence-corrected chi connectivity index (χ3v) is 1.04. The van der Waals surface area contributed by atoms with Gasteiger partial charge in [0.2, 0.25) is 0 Å². The Morgan fingerprint density at radius 1 is 0.782 bits per heavy atom. The van der Waals surface area contributed by atoms with Gasteiger partial charge in [-0.05, 0) is 20.8 Å². The summed E-state index contributed by atoms with van der Waals surface area (Å²) < 4.78 is 225. The fraction of sp³-hybridized carbons (Fsp3) is 0.455. The SMILES string of the molecule is CC(F)(F)CF.CC(F)(F)CF.CF.CF.CO.F.F.F[CH-]F.F[CH-]F.F[CH-]F.O=CO.O=[C-]O.OC([C-](F)F)[C-](F)F.[2HH].[2HH].[CH-]=O.[CH2-]F.[CH2-]F.[O-]C(O)=C(F)F. The first-order chi connectivity index (χ1) is 24.4. The van der Waals surface area contributed by atoms with Gasteiger partial charge < -0.3 is 92.9 Å². The zero-order chi connectivity index (χ0) is 47.8. The van der Waals surface area contributed by atoms with E-state index >= 15 is 0 Å². The predicted molar refractivity (Wildman–Crippen MR) is 150 cm³/mol. The quantitative estimate of drug-likeness (QED) is 0.0796. The second-order valence-electron chi connectivity index (χ2n) is 4.40. The average Bonchev–Trinajstić information content (AvgIpc) is 3.11. The van der Waals surface area contributed by atoms with Crippen LogP contribution in [0.3, 0.4) is 0 Å². The van der Waals surface area contributed by atoms with Crippen LogP contribution in [0, 0.1) is 48.0 Å². The molecule has 0 heterocycles. The minimum Gasteiger partial charge on any atom is -0.665 e. The minimum absolute atomic E-state index is 0. The van der Waals surface area contributed by atoms with E-state index in [1.165, 1.54) is 0 Å². The number of carbonyl (C=O) groups excluding carboxylic acids is 1. The maximum Gasteiger partial charge on any atom is 0.291 e. The number of alkyl halides is 8. The molecular formula is C22H40F24O9-10. The fourth-order valence-corrected chi connectivity index (χ4v) is 0.0825. The van der Waals surface area contributed by atoms with Crippen LogP contribution in [0.5, 0.6) is 0 Å². The molecule has 0 fully saturated rings. The molecule has 33 heteroatoms. The normalized spacial score (nSPS) is 7.24. The van der Waals surface area contributed by atoms with Crippen LogP contribution in [-0.4, -0.2) is 98.0 Å². The Hall–Kier alpha value is -3.81. The maximum absolute atomic E-state index is 11.1. The molecule has 0 saturated heterocycles. The van der Waals surface area contributed by atoms with Crippen molar-refractivity contribution in [2.75, 3.05) is 34.8 Å². The molecule has 0 aromatic rings. The molecule has 0 rings (SSSR count). The number of aliphatic hydroxyl groups excluding tert-OH is 4. The van der Waals surface area contributed by atoms with Crippen molar-refractivity contribution in [2.45, 2.75) is 31.8 Å². The van der Waals surface area contributed by atoms with Gasteiger partial charge >= 0.3 is 0 Å². The zero-order valence-electron chi connectivity index (χ0n) is 27.8. The molecule has 360 valence electrons. The van der Waals surface area contributed by atoms with Crippen LogP contribution in [0.2, 0.25) is 0 Å². The molecule has 0 aliphatic heterocycles. The van der Waals surface area contributed by atoms with Gasteiger partial charge in [-0.2, -0.15) is 23.1 Å². The third kappa shape index (κ3) is 579. The molecule has 0 aliphatic rings. The van der Waals surface area contributed by atoms with Gasteiger partial charge in [0.25, 0.3) is 24.4 Å². The van der Waals surface area contributed by atoms with Crippen LogP contribution < -0.4 is 5.11 Å². The number of halogens is 24. The number of aliphatic hydroxyl groups is 3. The third-order valence-electron chi connectivity index (χ3n) is 1.04. The first-order valence-corrected chi connectivity index (χ1v) is 9.85. The van der Waals surface area contributed by atoms with Gasteiger partial charge in [0.15, 0.2) is 13.3 Å². The number of hydrogen-bond acceptors (Lipinski definition) is 7. The number of hydrogen-bond donors (Lipinski definition) is 5. The molecule has 0 aliphatic carbocycles. The Balaban J connectivity index is -0.0000000163. The molecule has 0 radical (unpaired) electrons. The summed E-state index contributed by atoms with van der Waals surface area (Å²) >= 11 is 0. The summed E-state index contributed by atoms with van der Waals surface area (Å²) in [4.78, 5) is 24.3. The van der Waals surface area contributed by atoms with Crippen molar-refractivity contribution in [3.8, 4) is 0 Å². The van der Waals surface area contributed by atoms with Gasteiger partial charge in [0.1, 0.15) is 5.95 Å². The summed E-state index contributed by atoms with van der Waals surface area (Å²) in [6.07, 6.45) is -10.9. The first-order valence-electron chi connectivity index (χ1n) is 9.85. The second kappa shape index (κ2) is 133. The maximum atomic E-state index is 11.1. The number of rotatable bonds is 4. The Kier molecular flexibility index (Phi) is 267. The van der Waals surface area contributed by atoms with Crippen molar-refractivity contribution in [1.29, 1.82) is 0 Å². The summed E-state index contributed by atoms with van der Waals surface area (Å²) in [6, 6.07) is 0. The van der Waals surface area contributed by atoms with Crippen LogP contribution in [-0.2, 0) is 14.4 Å². The van der Waals surface area contributed by atoms with E-state index in [1.807, 2.05) is 0 Å². The molecule has 55 heavy (non-hydrogen) atoms. The number of carboxylic acid groups (broad SMARTS) is 1. The summed E-state index contributed by atoms with van der Waals surface area (Å²) in [5.41, 5.74) is 0. The van der Waals surface area contributed by atoms with Crippen molar-refractivity contribution in [3.05, 3.63) is 60.0 Å². The van der Waals surface area contributed by atoms with E-state index in [-0.39, 0.29) is 18.7 Å². The molecule has 0 unspecified atom stereocenters. The van der Waals surface area contributed by atoms with Crippen LogP contribution >= 0.6 is 0 Å². The molecule has 0 aromatic carbocycles. The lowest BCUT2D eigenvalue weighted by Crippen LogP contribution is -2.14. The summed E-state index contributed by atoms with van der Waals surface area (Å²) in [7, 11) is 5.50. The molecule has 0 spiro atoms. The smallest absolute Gasteiger partial charge is 0.291 e. The Morgan fingerprint density at radius 3 is 0.855 bits per heavy atom. The monoisotopic (exact) mass is 906 g/mol. The highest BCUT2D eigenvalue weighted by molar-refractivity contribution is 5.34. The van der Waals surface area contributed by atoms with Gasteiger partial charge in [-0.3, -0.25) is 29.8 Å². The lowest BCUT2D eigenvalue weighted by Gasteiger charge is -2.28. The Labute approximate surface area is 301 Å². The number of carbonyl (C=O) groups is 1. The zero-order valence-corrected chi connectivity index (χ0v) is 27.8. The lowest BCUT2D eigenvalue weighted by molar-refractivity contribution is -0.354. The van der Waals surface area contributed by atoms with Crippen molar-refractivity contribution < 1.29 is 154 Å². The van der Waals surface area contributed by atoms with Crippen molar-refractivity contribution in [2.24, 2.45) is 0 Å². The predicted octanol–water partition coefficient (Wildman–Crippen LogP) is 9.64. The van der Waals surface area contributed by atoms with E-state index in [2.05, 4.69) is 6.79 Å². The van der Waals surface area contributed by atoms with Crippen molar-refractivity contribution in [3.63, 3.8) is 0 Å². The van der Waals surface area contributed by atoms with E-state index in [0.29, 0.717) is 34.7 Å². The van der Waals surface area contributed by atoms with Gasteiger partial charge in [0, 0.05) is 36.7 Å². The molecule has 5 N–H and O–H groups in total. The van der Waals surface area contributed by atoms with E-state index in [4.69, 9.17) is 45.0 Å². The van der Waals surface area contributed by atoms with Crippen molar-refractivity contribution >= 4 is 19.7 Å². The average molecular weight is 907 g/mol. The molecule has 0 amide bonds. The molecule has 9 nitrogen and oxygen atoms in total. The minimum atomic E-state index is -3.12. The fourth-order valence-electron chi connectivity index (χ4n) is 0.0825. The van der Waals surface area contributed by atoms with Crippen LogP contribution in [0.25, 0.3) is 0 Å². The van der Waals surface area contributed by atoms with Crippen LogP contribution in [0.4, 0.5) is 106 Å².